The number of non-ortho nitro benzene ring substituents is 1. The lowest BCUT2D eigenvalue weighted by molar-refractivity contribution is -0.384. The van der Waals surface area contributed by atoms with Crippen molar-refractivity contribution in [1.29, 1.82) is 0 Å². The molecular formula is C15H13ClN2O3S. The summed E-state index contributed by atoms with van der Waals surface area (Å²) in [6.07, 6.45) is 0.290. The molecule has 0 atom stereocenters. The second-order valence-electron chi connectivity index (χ2n) is 4.38. The van der Waals surface area contributed by atoms with E-state index in [-0.39, 0.29) is 22.3 Å². The number of anilines is 1. The predicted octanol–water partition coefficient (Wildman–Crippen LogP) is 4.37. The Morgan fingerprint density at radius 1 is 1.23 bits per heavy atom. The van der Waals surface area contributed by atoms with Crippen LogP contribution in [-0.2, 0) is 4.79 Å². The van der Waals surface area contributed by atoms with Gasteiger partial charge in [0, 0.05) is 29.2 Å². The Balaban J connectivity index is 1.89. The van der Waals surface area contributed by atoms with Crippen LogP contribution < -0.4 is 5.32 Å². The van der Waals surface area contributed by atoms with Crippen molar-refractivity contribution in [3.8, 4) is 0 Å². The standard InChI is InChI=1S/C15H13ClN2O3S/c16-13-7-6-11(18(20)21)10-14(13)17-15(19)8-9-22-12-4-2-1-3-5-12/h1-7,10H,8-9H2,(H,17,19). The number of thioether (sulfide) groups is 1. The largest absolute Gasteiger partial charge is 0.325 e. The molecular weight excluding hydrogens is 324 g/mol. The summed E-state index contributed by atoms with van der Waals surface area (Å²) in [5.41, 5.74) is 0.143. The lowest BCUT2D eigenvalue weighted by atomic mass is 10.2. The van der Waals surface area contributed by atoms with E-state index in [0.29, 0.717) is 12.2 Å². The van der Waals surface area contributed by atoms with Crippen molar-refractivity contribution >= 4 is 40.6 Å². The minimum Gasteiger partial charge on any atom is -0.325 e. The number of nitrogens with zero attached hydrogens (tertiary/aromatic N) is 1. The van der Waals surface area contributed by atoms with Gasteiger partial charge in [-0.3, -0.25) is 14.9 Å². The molecule has 5 nitrogen and oxygen atoms in total. The summed E-state index contributed by atoms with van der Waals surface area (Å²) in [7, 11) is 0. The highest BCUT2D eigenvalue weighted by molar-refractivity contribution is 7.99. The Labute approximate surface area is 136 Å². The number of carbonyl (C=O) groups is 1. The molecule has 0 saturated carbocycles. The molecule has 0 heterocycles. The second-order valence-corrected chi connectivity index (χ2v) is 5.96. The first-order valence-electron chi connectivity index (χ1n) is 6.48. The van der Waals surface area contributed by atoms with Crippen molar-refractivity contribution in [2.45, 2.75) is 11.3 Å². The van der Waals surface area contributed by atoms with Crippen molar-refractivity contribution in [2.75, 3.05) is 11.1 Å². The predicted molar refractivity (Wildman–Crippen MR) is 88.5 cm³/mol. The lowest BCUT2D eigenvalue weighted by Gasteiger charge is -2.07. The van der Waals surface area contributed by atoms with Crippen LogP contribution in [0.4, 0.5) is 11.4 Å². The number of nitro groups is 1. The monoisotopic (exact) mass is 336 g/mol. The van der Waals surface area contributed by atoms with E-state index in [1.807, 2.05) is 30.3 Å². The van der Waals surface area contributed by atoms with Gasteiger partial charge in [-0.05, 0) is 18.2 Å². The van der Waals surface area contributed by atoms with Crippen molar-refractivity contribution in [3.05, 3.63) is 63.7 Å². The fourth-order valence-electron chi connectivity index (χ4n) is 1.71. The minimum absolute atomic E-state index is 0.113. The topological polar surface area (TPSA) is 72.2 Å². The van der Waals surface area contributed by atoms with Crippen LogP contribution >= 0.6 is 23.4 Å². The number of rotatable bonds is 6. The number of hydrogen-bond acceptors (Lipinski definition) is 4. The van der Waals surface area contributed by atoms with Crippen LogP contribution in [-0.4, -0.2) is 16.6 Å². The molecule has 0 saturated heterocycles. The first kappa shape index (κ1) is 16.3. The summed E-state index contributed by atoms with van der Waals surface area (Å²) in [5, 5.41) is 13.6. The van der Waals surface area contributed by atoms with E-state index in [1.54, 1.807) is 11.8 Å². The SMILES string of the molecule is O=C(CCSc1ccccc1)Nc1cc([N+](=O)[O-])ccc1Cl. The van der Waals surface area contributed by atoms with E-state index < -0.39 is 4.92 Å². The van der Waals surface area contributed by atoms with Crippen LogP contribution in [0.1, 0.15) is 6.42 Å². The summed E-state index contributed by atoms with van der Waals surface area (Å²) in [6, 6.07) is 13.7. The first-order chi connectivity index (χ1) is 10.6. The molecule has 2 aromatic carbocycles. The molecule has 0 fully saturated rings. The Morgan fingerprint density at radius 3 is 2.64 bits per heavy atom. The molecule has 2 aromatic rings. The molecule has 0 bridgehead atoms. The third kappa shape index (κ3) is 4.75. The Hall–Kier alpha value is -2.05. The molecule has 0 aromatic heterocycles. The van der Waals surface area contributed by atoms with Gasteiger partial charge in [-0.2, -0.15) is 0 Å². The summed E-state index contributed by atoms with van der Waals surface area (Å²) < 4.78 is 0. The van der Waals surface area contributed by atoms with Gasteiger partial charge in [0.05, 0.1) is 15.6 Å². The maximum absolute atomic E-state index is 11.9. The van der Waals surface area contributed by atoms with Crippen LogP contribution in [0.15, 0.2) is 53.4 Å². The third-order valence-corrected chi connectivity index (χ3v) is 4.12. The Bertz CT molecular complexity index is 680. The number of nitro benzene ring substituents is 1. The number of benzene rings is 2. The molecule has 114 valence electrons. The lowest BCUT2D eigenvalue weighted by Crippen LogP contribution is -2.12. The van der Waals surface area contributed by atoms with Gasteiger partial charge >= 0.3 is 0 Å². The van der Waals surface area contributed by atoms with Gasteiger partial charge in [0.15, 0.2) is 0 Å². The normalized spacial score (nSPS) is 10.2. The van der Waals surface area contributed by atoms with Crippen LogP contribution in [0.5, 0.6) is 0 Å². The Morgan fingerprint density at radius 2 is 1.95 bits per heavy atom. The molecule has 0 unspecified atom stereocenters. The summed E-state index contributed by atoms with van der Waals surface area (Å²) in [4.78, 5) is 23.2. The van der Waals surface area contributed by atoms with Gasteiger partial charge in [0.2, 0.25) is 5.91 Å². The number of nitrogens with one attached hydrogen (secondary N) is 1. The summed E-state index contributed by atoms with van der Waals surface area (Å²) >= 11 is 7.50. The van der Waals surface area contributed by atoms with Crippen molar-refractivity contribution in [3.63, 3.8) is 0 Å². The highest BCUT2D eigenvalue weighted by Crippen LogP contribution is 2.27. The fraction of sp³-hybridized carbons (Fsp3) is 0.133. The molecule has 22 heavy (non-hydrogen) atoms. The van der Waals surface area contributed by atoms with Gasteiger partial charge in [0.25, 0.3) is 5.69 Å². The Kier molecular flexibility index (Phi) is 5.80. The number of carbonyl (C=O) groups excluding carboxylic acids is 1. The van der Waals surface area contributed by atoms with Gasteiger partial charge in [0.1, 0.15) is 0 Å². The molecule has 7 heteroatoms. The van der Waals surface area contributed by atoms with E-state index in [4.69, 9.17) is 11.6 Å². The van der Waals surface area contributed by atoms with Crippen LogP contribution in [0.3, 0.4) is 0 Å². The van der Waals surface area contributed by atoms with E-state index >= 15 is 0 Å². The third-order valence-electron chi connectivity index (χ3n) is 2.78. The number of amides is 1. The van der Waals surface area contributed by atoms with Gasteiger partial charge in [-0.25, -0.2) is 0 Å². The molecule has 0 aliphatic rings. The van der Waals surface area contributed by atoms with Crippen molar-refractivity contribution < 1.29 is 9.72 Å². The van der Waals surface area contributed by atoms with Crippen molar-refractivity contribution in [1.82, 2.24) is 0 Å². The molecule has 0 spiro atoms. The second kappa shape index (κ2) is 7.82. The minimum atomic E-state index is -0.531. The maximum Gasteiger partial charge on any atom is 0.271 e. The highest BCUT2D eigenvalue weighted by Gasteiger charge is 2.12. The molecule has 1 N–H and O–H groups in total. The van der Waals surface area contributed by atoms with Crippen LogP contribution in [0, 0.1) is 10.1 Å². The molecule has 0 aliphatic carbocycles. The van der Waals surface area contributed by atoms with E-state index in [2.05, 4.69) is 5.32 Å². The number of halogens is 1. The quantitative estimate of drug-likeness (QED) is 0.483. The van der Waals surface area contributed by atoms with Crippen molar-refractivity contribution in [2.24, 2.45) is 0 Å². The average Bonchev–Trinajstić information content (AvgIpc) is 2.50. The molecule has 1 amide bonds. The van der Waals surface area contributed by atoms with E-state index in [0.717, 1.165) is 4.90 Å². The van der Waals surface area contributed by atoms with Gasteiger partial charge < -0.3 is 5.32 Å². The van der Waals surface area contributed by atoms with E-state index in [9.17, 15) is 14.9 Å². The molecule has 0 radical (unpaired) electrons. The zero-order valence-electron chi connectivity index (χ0n) is 11.5. The summed E-state index contributed by atoms with van der Waals surface area (Å²) in [5.74, 6) is 0.383. The smallest absolute Gasteiger partial charge is 0.271 e. The average molecular weight is 337 g/mol. The van der Waals surface area contributed by atoms with E-state index in [1.165, 1.54) is 18.2 Å². The van der Waals surface area contributed by atoms with Gasteiger partial charge in [-0.15, -0.1) is 11.8 Å². The zero-order valence-corrected chi connectivity index (χ0v) is 13.1. The van der Waals surface area contributed by atoms with Gasteiger partial charge in [-0.1, -0.05) is 29.8 Å². The van der Waals surface area contributed by atoms with Crippen LogP contribution in [0.25, 0.3) is 0 Å². The fourth-order valence-corrected chi connectivity index (χ4v) is 2.75. The highest BCUT2D eigenvalue weighted by atomic mass is 35.5. The molecule has 2 rings (SSSR count). The maximum atomic E-state index is 11.9. The molecule has 0 aliphatic heterocycles. The summed E-state index contributed by atoms with van der Waals surface area (Å²) in [6.45, 7) is 0. The van der Waals surface area contributed by atoms with Crippen LogP contribution in [0.2, 0.25) is 5.02 Å². The zero-order chi connectivity index (χ0) is 15.9. The number of hydrogen-bond donors (Lipinski definition) is 1. The first-order valence-corrected chi connectivity index (χ1v) is 7.84.